The van der Waals surface area contributed by atoms with Gasteiger partial charge in [-0.1, -0.05) is 382 Å². The molecule has 1 nitrogen and oxygen atoms in total. The lowest BCUT2D eigenvalue weighted by Crippen LogP contribution is -2.09. The van der Waals surface area contributed by atoms with Gasteiger partial charge in [-0.05, 0) is 170 Å². The maximum absolute atomic E-state index is 2.37. The van der Waals surface area contributed by atoms with Crippen LogP contribution in [0.5, 0.6) is 0 Å². The topological polar surface area (TPSA) is 3.24 Å². The van der Waals surface area contributed by atoms with E-state index in [0.29, 0.717) is 0 Å². The van der Waals surface area contributed by atoms with Crippen LogP contribution in [0.15, 0.2) is 419 Å². The van der Waals surface area contributed by atoms with Crippen molar-refractivity contribution in [1.82, 2.24) is 0 Å². The van der Waals surface area contributed by atoms with Crippen molar-refractivity contribution in [2.24, 2.45) is 0 Å². The van der Waals surface area contributed by atoms with Gasteiger partial charge in [-0.15, -0.1) is 0 Å². The molecule has 0 heterocycles. The van der Waals surface area contributed by atoms with Crippen molar-refractivity contribution in [2.45, 2.75) is 0 Å². The lowest BCUT2D eigenvalue weighted by molar-refractivity contribution is 1.28. The van der Waals surface area contributed by atoms with Gasteiger partial charge in [0, 0.05) is 17.1 Å². The Morgan fingerprint density at radius 1 is 0.113 bits per heavy atom. The van der Waals surface area contributed by atoms with E-state index in [4.69, 9.17) is 0 Å². The fraction of sp³-hybridized carbons (Fsp3) is 0. The molecule has 0 aliphatic heterocycles. The summed E-state index contributed by atoms with van der Waals surface area (Å²) in [7, 11) is 0. The average molecular weight is 1240 g/mol. The number of rotatable bonds is 18. The molecule has 15 rings (SSSR count). The molecule has 0 saturated heterocycles. The molecule has 0 atom stereocenters. The van der Waals surface area contributed by atoms with E-state index >= 15 is 0 Å². The molecule has 97 heavy (non-hydrogen) atoms. The van der Waals surface area contributed by atoms with Gasteiger partial charge in [0.15, 0.2) is 0 Å². The molecule has 15 aromatic rings. The molecule has 0 spiro atoms. The van der Waals surface area contributed by atoms with Gasteiger partial charge >= 0.3 is 0 Å². The zero-order valence-corrected chi connectivity index (χ0v) is 53.8. The van der Waals surface area contributed by atoms with Gasteiger partial charge in [-0.2, -0.15) is 0 Å². The van der Waals surface area contributed by atoms with Crippen LogP contribution in [0.1, 0.15) is 66.8 Å². The molecular formula is C96H69N. The van der Waals surface area contributed by atoms with E-state index in [1.165, 1.54) is 83.5 Å². The molecule has 0 aromatic heterocycles. The van der Waals surface area contributed by atoms with Crippen molar-refractivity contribution < 1.29 is 0 Å². The molecule has 0 aliphatic rings. The molecule has 0 saturated carbocycles. The van der Waals surface area contributed by atoms with Gasteiger partial charge in [-0.25, -0.2) is 0 Å². The minimum absolute atomic E-state index is 1.06. The summed E-state index contributed by atoms with van der Waals surface area (Å²) in [5.41, 5.74) is 31.2. The van der Waals surface area contributed by atoms with E-state index in [1.54, 1.807) is 0 Å². The summed E-state index contributed by atoms with van der Waals surface area (Å²) >= 11 is 0. The van der Waals surface area contributed by atoms with Crippen LogP contribution in [0.4, 0.5) is 17.1 Å². The first kappa shape index (κ1) is 60.6. The zero-order chi connectivity index (χ0) is 65.0. The molecule has 0 amide bonds. The van der Waals surface area contributed by atoms with Gasteiger partial charge in [0.05, 0.1) is 0 Å². The molecule has 458 valence electrons. The van der Waals surface area contributed by atoms with Crippen LogP contribution in [0, 0.1) is 0 Å². The summed E-state index contributed by atoms with van der Waals surface area (Å²) in [5.74, 6) is 0. The molecule has 15 aromatic carbocycles. The fourth-order valence-corrected chi connectivity index (χ4v) is 13.5. The summed E-state index contributed by atoms with van der Waals surface area (Å²) in [4.78, 5) is 2.37. The molecule has 0 radical (unpaired) electrons. The fourth-order valence-electron chi connectivity index (χ4n) is 13.5. The SMILES string of the molecule is c1ccc(C(=C(c2ccccc2)c2ccc(-c3ccc(N(c4ccc(-c5ccc(C(=C(c6ccccc6)c6ccccc6)c6ccccc6)cc5)cc4)c4ccc(-c5ccc(C(=C(c6ccccc6)c6ccccc6)c6ccccc6)cc5)cc4)cc3)cc2)c2ccccc2)cc1. The van der Waals surface area contributed by atoms with Crippen molar-refractivity contribution >= 4 is 50.5 Å². The van der Waals surface area contributed by atoms with Gasteiger partial charge in [0.25, 0.3) is 0 Å². The zero-order valence-electron chi connectivity index (χ0n) is 53.8. The van der Waals surface area contributed by atoms with Gasteiger partial charge < -0.3 is 4.90 Å². The third kappa shape index (κ3) is 13.3. The maximum Gasteiger partial charge on any atom is 0.0462 e. The Bertz CT molecular complexity index is 4500. The Labute approximate surface area is 570 Å². The minimum Gasteiger partial charge on any atom is -0.311 e. The molecule has 0 bridgehead atoms. The quantitative estimate of drug-likeness (QED) is 0.0774. The number of benzene rings is 15. The lowest BCUT2D eigenvalue weighted by Gasteiger charge is -2.26. The first-order valence-corrected chi connectivity index (χ1v) is 33.3. The predicted octanol–water partition coefficient (Wildman–Crippen LogP) is 25.2. The molecular weight excluding hydrogens is 1170 g/mol. The highest BCUT2D eigenvalue weighted by atomic mass is 15.1. The smallest absolute Gasteiger partial charge is 0.0462 e. The van der Waals surface area contributed by atoms with Crippen molar-refractivity contribution in [2.75, 3.05) is 4.90 Å². The van der Waals surface area contributed by atoms with Crippen LogP contribution >= 0.6 is 0 Å². The highest BCUT2D eigenvalue weighted by Crippen LogP contribution is 2.43. The summed E-state index contributed by atoms with van der Waals surface area (Å²) in [6, 6.07) is 151. The van der Waals surface area contributed by atoms with Crippen LogP contribution in [0.2, 0.25) is 0 Å². The standard InChI is InChI=1S/C96H69N/c1-10-28-76(29-11-1)91(77-30-12-2-13-31-77)94(82-40-22-7-23-41-82)85-52-46-70(47-53-85)73-58-64-88(65-59-73)97(89-66-60-74(61-67-89)71-48-54-86(55-49-71)95(83-42-24-8-25-43-83)92(78-32-14-3-15-33-78)79-34-16-4-17-35-79)90-68-62-75(63-69-90)72-50-56-87(57-51-72)96(84-44-26-9-27-45-84)93(80-36-18-5-19-37-80)81-38-20-6-21-39-81/h1-69H. The monoisotopic (exact) mass is 1240 g/mol. The minimum atomic E-state index is 1.06. The molecule has 0 fully saturated rings. The van der Waals surface area contributed by atoms with Crippen molar-refractivity contribution in [1.29, 1.82) is 0 Å². The summed E-state index contributed by atoms with van der Waals surface area (Å²) in [5, 5.41) is 0. The van der Waals surface area contributed by atoms with Crippen molar-refractivity contribution in [3.8, 4) is 33.4 Å². The second-order valence-corrected chi connectivity index (χ2v) is 24.3. The van der Waals surface area contributed by atoms with Gasteiger partial charge in [0.2, 0.25) is 0 Å². The van der Waals surface area contributed by atoms with Crippen LogP contribution < -0.4 is 4.90 Å². The molecule has 1 heteroatoms. The highest BCUT2D eigenvalue weighted by molar-refractivity contribution is 6.07. The molecule has 0 N–H and O–H groups in total. The van der Waals surface area contributed by atoms with E-state index < -0.39 is 0 Å². The van der Waals surface area contributed by atoms with Crippen LogP contribution in [0.25, 0.3) is 66.8 Å². The Morgan fingerprint density at radius 3 is 0.361 bits per heavy atom. The van der Waals surface area contributed by atoms with E-state index in [2.05, 4.69) is 423 Å². The van der Waals surface area contributed by atoms with E-state index in [0.717, 1.165) is 67.1 Å². The van der Waals surface area contributed by atoms with E-state index in [1.807, 2.05) is 0 Å². The lowest BCUT2D eigenvalue weighted by atomic mass is 9.85. The summed E-state index contributed by atoms with van der Waals surface area (Å²) in [6.07, 6.45) is 0. The Kier molecular flexibility index (Phi) is 17.9. The average Bonchev–Trinajstić information content (AvgIpc) is 0.843. The number of nitrogens with zero attached hydrogens (tertiary/aromatic N) is 1. The van der Waals surface area contributed by atoms with Crippen LogP contribution in [0.3, 0.4) is 0 Å². The first-order chi connectivity index (χ1) is 48.1. The largest absolute Gasteiger partial charge is 0.311 e. The maximum atomic E-state index is 2.37. The van der Waals surface area contributed by atoms with Gasteiger partial charge in [0.1, 0.15) is 0 Å². The molecule has 0 unspecified atom stereocenters. The first-order valence-electron chi connectivity index (χ1n) is 33.3. The summed E-state index contributed by atoms with van der Waals surface area (Å²) in [6.45, 7) is 0. The van der Waals surface area contributed by atoms with Gasteiger partial charge in [-0.3, -0.25) is 0 Å². The van der Waals surface area contributed by atoms with Crippen LogP contribution in [-0.4, -0.2) is 0 Å². The third-order valence-electron chi connectivity index (χ3n) is 18.2. The Morgan fingerprint density at radius 2 is 0.227 bits per heavy atom. The second-order valence-electron chi connectivity index (χ2n) is 24.3. The van der Waals surface area contributed by atoms with E-state index in [9.17, 15) is 0 Å². The third-order valence-corrected chi connectivity index (χ3v) is 18.2. The van der Waals surface area contributed by atoms with Crippen molar-refractivity contribution in [3.63, 3.8) is 0 Å². The Balaban J connectivity index is 0.783. The van der Waals surface area contributed by atoms with E-state index in [-0.39, 0.29) is 0 Å². The number of hydrogen-bond acceptors (Lipinski definition) is 1. The molecule has 0 aliphatic carbocycles. The normalized spacial score (nSPS) is 10.9. The number of hydrogen-bond donors (Lipinski definition) is 0. The predicted molar refractivity (Wildman–Crippen MR) is 410 cm³/mol. The van der Waals surface area contributed by atoms with Crippen LogP contribution in [-0.2, 0) is 0 Å². The Hall–Kier alpha value is -12.7. The summed E-state index contributed by atoms with van der Waals surface area (Å²) < 4.78 is 0. The number of anilines is 3. The highest BCUT2D eigenvalue weighted by Gasteiger charge is 2.21. The van der Waals surface area contributed by atoms with Crippen molar-refractivity contribution in [3.05, 3.63) is 485 Å². The second kappa shape index (κ2) is 28.7.